The van der Waals surface area contributed by atoms with E-state index in [1.54, 1.807) is 18.2 Å². The van der Waals surface area contributed by atoms with Gasteiger partial charge in [-0.2, -0.15) is 5.26 Å². The number of rotatable bonds is 9. The molecule has 11 heteroatoms. The number of aromatic nitrogens is 1. The Morgan fingerprint density at radius 3 is 2.54 bits per heavy atom. The predicted molar refractivity (Wildman–Crippen MR) is 205 cm³/mol. The first-order chi connectivity index (χ1) is 25.0. The lowest BCUT2D eigenvalue weighted by molar-refractivity contribution is 0.0979. The lowest BCUT2D eigenvalue weighted by Crippen LogP contribution is -2.47. The van der Waals surface area contributed by atoms with Crippen molar-refractivity contribution in [3.8, 4) is 17.6 Å². The van der Waals surface area contributed by atoms with Crippen LogP contribution in [0.4, 0.5) is 5.69 Å². The number of sulfonamides is 1. The van der Waals surface area contributed by atoms with Crippen LogP contribution in [0, 0.1) is 16.7 Å². The third-order valence-corrected chi connectivity index (χ3v) is 11.6. The maximum atomic E-state index is 13.6. The first kappa shape index (κ1) is 35.3. The molecule has 0 bridgehead atoms. The summed E-state index contributed by atoms with van der Waals surface area (Å²) < 4.78 is 34.9. The van der Waals surface area contributed by atoms with Crippen LogP contribution in [0.15, 0.2) is 108 Å². The third-order valence-electron chi connectivity index (χ3n) is 9.99. The first-order valence-electron chi connectivity index (χ1n) is 17.4. The highest BCUT2D eigenvalue weighted by Gasteiger charge is 2.30. The average molecular weight is 734 g/mol. The molecule has 1 amide bonds. The molecule has 0 unspecified atom stereocenters. The Labute approximate surface area is 309 Å². The zero-order valence-corrected chi connectivity index (χ0v) is 30.7. The van der Waals surface area contributed by atoms with Crippen molar-refractivity contribution in [1.82, 2.24) is 14.6 Å². The summed E-state index contributed by atoms with van der Waals surface area (Å²) in [6.45, 7) is 8.89. The Hall–Kier alpha value is -5.08. The number of allylic oxidation sites excluding steroid dienone is 1. The maximum Gasteiger partial charge on any atom is 0.268 e. The molecule has 5 aromatic rings. The van der Waals surface area contributed by atoms with Crippen molar-refractivity contribution >= 4 is 49.7 Å². The fourth-order valence-electron chi connectivity index (χ4n) is 7.07. The molecule has 1 fully saturated rings. The Kier molecular flexibility index (Phi) is 9.86. The number of halogens is 1. The molecule has 0 spiro atoms. The maximum absolute atomic E-state index is 13.6. The molecule has 52 heavy (non-hydrogen) atoms. The second-order valence-corrected chi connectivity index (χ2v) is 16.4. The van der Waals surface area contributed by atoms with Crippen LogP contribution < -0.4 is 14.4 Å². The monoisotopic (exact) mass is 733 g/mol. The van der Waals surface area contributed by atoms with Gasteiger partial charge in [-0.25, -0.2) is 13.1 Å². The largest absolute Gasteiger partial charge is 0.456 e. The molecule has 0 saturated carbocycles. The van der Waals surface area contributed by atoms with E-state index in [1.165, 1.54) is 41.0 Å². The summed E-state index contributed by atoms with van der Waals surface area (Å²) in [5.41, 5.74) is 6.48. The molecule has 0 atom stereocenters. The number of nitrogens with one attached hydrogen (secondary N) is 2. The quantitative estimate of drug-likeness (QED) is 0.156. The summed E-state index contributed by atoms with van der Waals surface area (Å²) in [5, 5.41) is 10.9. The molecule has 266 valence electrons. The lowest BCUT2D eigenvalue weighted by atomic mass is 9.72. The van der Waals surface area contributed by atoms with E-state index in [-0.39, 0.29) is 27.2 Å². The second-order valence-electron chi connectivity index (χ2n) is 14.3. The van der Waals surface area contributed by atoms with Crippen LogP contribution in [0.2, 0.25) is 5.02 Å². The molecule has 0 radical (unpaired) electrons. The number of benzene rings is 4. The molecule has 2 N–H and O–H groups in total. The van der Waals surface area contributed by atoms with Gasteiger partial charge in [0.15, 0.2) is 0 Å². The van der Waals surface area contributed by atoms with Crippen molar-refractivity contribution in [3.05, 3.63) is 124 Å². The highest BCUT2D eigenvalue weighted by Crippen LogP contribution is 2.43. The number of nitriles is 1. The van der Waals surface area contributed by atoms with Gasteiger partial charge in [0.1, 0.15) is 11.5 Å². The fraction of sp³-hybridized carbons (Fsp3) is 0.268. The number of ether oxygens (including phenoxy) is 1. The highest BCUT2D eigenvalue weighted by atomic mass is 35.5. The van der Waals surface area contributed by atoms with E-state index in [1.807, 2.05) is 48.7 Å². The molecule has 1 aromatic heterocycles. The summed E-state index contributed by atoms with van der Waals surface area (Å²) in [7, 11) is -4.27. The number of hydrogen-bond donors (Lipinski definition) is 2. The van der Waals surface area contributed by atoms with E-state index in [9.17, 15) is 18.5 Å². The molecule has 1 aliphatic heterocycles. The number of aromatic amines is 1. The van der Waals surface area contributed by atoms with E-state index in [0.29, 0.717) is 5.75 Å². The zero-order valence-electron chi connectivity index (χ0n) is 29.2. The Morgan fingerprint density at radius 2 is 1.77 bits per heavy atom. The topological polar surface area (TPSA) is 119 Å². The van der Waals surface area contributed by atoms with Crippen molar-refractivity contribution in [2.24, 2.45) is 5.41 Å². The van der Waals surface area contributed by atoms with Crippen molar-refractivity contribution in [3.63, 3.8) is 0 Å². The Morgan fingerprint density at radius 1 is 0.981 bits per heavy atom. The number of carbonyl (C=O) groups is 1. The summed E-state index contributed by atoms with van der Waals surface area (Å²) in [5.74, 6) is -0.0964. The zero-order chi connectivity index (χ0) is 36.5. The van der Waals surface area contributed by atoms with Gasteiger partial charge in [0.2, 0.25) is 0 Å². The van der Waals surface area contributed by atoms with Crippen LogP contribution in [-0.4, -0.2) is 56.9 Å². The number of nitrogens with zero attached hydrogens (tertiary/aromatic N) is 3. The fourth-order valence-corrected chi connectivity index (χ4v) is 8.21. The normalized spacial score (nSPS) is 16.5. The summed E-state index contributed by atoms with van der Waals surface area (Å²) in [6.07, 6.45) is 5.11. The molecule has 9 nitrogen and oxygen atoms in total. The molecule has 4 aromatic carbocycles. The van der Waals surface area contributed by atoms with E-state index in [2.05, 4.69) is 45.5 Å². The highest BCUT2D eigenvalue weighted by molar-refractivity contribution is 7.90. The number of amides is 1. The van der Waals surface area contributed by atoms with Gasteiger partial charge in [0.25, 0.3) is 15.9 Å². The van der Waals surface area contributed by atoms with Crippen LogP contribution >= 0.6 is 11.6 Å². The standard InChI is InChI=1S/C41H40ClN5O4S/c1-41(2)16-14-31(37(25-41)29-6-8-32(42)9-7-29)27-46-18-20-47(21-19-46)33-10-12-36(39(24-33)51-34-11-13-38-30(23-34)15-17-44-38)40(48)45-52(49,50)35-5-3-4-28(22-35)26-43/h3-13,15,17,22-24,44H,14,16,18-21,25,27H2,1-2H3,(H,45,48). The first-order valence-corrected chi connectivity index (χ1v) is 19.2. The molecule has 1 aliphatic carbocycles. The molecule has 2 aliphatic rings. The van der Waals surface area contributed by atoms with E-state index in [4.69, 9.17) is 16.3 Å². The van der Waals surface area contributed by atoms with Crippen LogP contribution in [0.5, 0.6) is 11.5 Å². The number of H-pyrrole nitrogens is 1. The minimum atomic E-state index is -4.27. The molecule has 7 rings (SSSR count). The van der Waals surface area contributed by atoms with Crippen molar-refractivity contribution < 1.29 is 17.9 Å². The number of fused-ring (bicyclic) bond motifs is 1. The van der Waals surface area contributed by atoms with Crippen LogP contribution in [0.25, 0.3) is 16.5 Å². The van der Waals surface area contributed by atoms with Crippen molar-refractivity contribution in [2.45, 2.75) is 38.0 Å². The predicted octanol–water partition coefficient (Wildman–Crippen LogP) is 8.39. The minimum Gasteiger partial charge on any atom is -0.456 e. The van der Waals surface area contributed by atoms with Crippen LogP contribution in [-0.2, 0) is 10.0 Å². The Balaban J connectivity index is 1.11. The van der Waals surface area contributed by atoms with Gasteiger partial charge in [0, 0.05) is 66.6 Å². The molecule has 2 heterocycles. The minimum absolute atomic E-state index is 0.0680. The smallest absolute Gasteiger partial charge is 0.268 e. The van der Waals surface area contributed by atoms with Gasteiger partial charge in [-0.15, -0.1) is 0 Å². The van der Waals surface area contributed by atoms with Gasteiger partial charge in [-0.1, -0.05) is 49.2 Å². The number of carbonyl (C=O) groups excluding carboxylic acids is 1. The second kappa shape index (κ2) is 14.5. The summed E-state index contributed by atoms with van der Waals surface area (Å²) in [6, 6.07) is 28.4. The van der Waals surface area contributed by atoms with Gasteiger partial charge >= 0.3 is 0 Å². The number of hydrogen-bond acceptors (Lipinski definition) is 7. The summed E-state index contributed by atoms with van der Waals surface area (Å²) >= 11 is 6.22. The van der Waals surface area contributed by atoms with Crippen LogP contribution in [0.3, 0.4) is 0 Å². The van der Waals surface area contributed by atoms with Crippen molar-refractivity contribution in [2.75, 3.05) is 37.6 Å². The van der Waals surface area contributed by atoms with Gasteiger partial charge in [-0.3, -0.25) is 9.69 Å². The van der Waals surface area contributed by atoms with E-state index >= 15 is 0 Å². The number of anilines is 1. The van der Waals surface area contributed by atoms with Gasteiger partial charge in [0.05, 0.1) is 22.1 Å². The third kappa shape index (κ3) is 7.87. The Bertz CT molecular complexity index is 2320. The van der Waals surface area contributed by atoms with E-state index < -0.39 is 15.9 Å². The number of piperazine rings is 1. The molecular formula is C41H40ClN5O4S. The molecule has 1 saturated heterocycles. The van der Waals surface area contributed by atoms with Crippen LogP contribution in [0.1, 0.15) is 54.6 Å². The summed E-state index contributed by atoms with van der Waals surface area (Å²) in [4.78, 5) is 21.4. The SMILES string of the molecule is CC1(C)CCC(CN2CCN(c3ccc(C(=O)NS(=O)(=O)c4cccc(C#N)c4)c(Oc4ccc5[nH]ccc5c4)c3)CC2)=C(c2ccc(Cl)cc2)C1. The average Bonchev–Trinajstić information content (AvgIpc) is 3.61. The van der Waals surface area contributed by atoms with Gasteiger partial charge in [-0.05, 0) is 103 Å². The lowest BCUT2D eigenvalue weighted by Gasteiger charge is -2.39. The molecular weight excluding hydrogens is 694 g/mol. The van der Waals surface area contributed by atoms with E-state index in [0.717, 1.165) is 73.6 Å². The van der Waals surface area contributed by atoms with Crippen molar-refractivity contribution in [1.29, 1.82) is 5.26 Å². The van der Waals surface area contributed by atoms with Gasteiger partial charge < -0.3 is 14.6 Å².